The third-order valence-electron chi connectivity index (χ3n) is 5.42. The molecule has 1 aromatic carbocycles. The smallest absolute Gasteiger partial charge is 0.263 e. The lowest BCUT2D eigenvalue weighted by Gasteiger charge is -2.29. The maximum Gasteiger partial charge on any atom is 0.263 e. The molecule has 0 aliphatic heterocycles. The molecule has 1 aliphatic rings. The molecule has 31 heavy (non-hydrogen) atoms. The van der Waals surface area contributed by atoms with E-state index in [1.807, 2.05) is 56.3 Å². The Balaban J connectivity index is 1.54. The second kappa shape index (κ2) is 9.47. The number of amides is 2. The van der Waals surface area contributed by atoms with Crippen molar-refractivity contribution in [1.29, 1.82) is 0 Å². The highest BCUT2D eigenvalue weighted by Crippen LogP contribution is 2.34. The molecule has 3 aromatic rings. The van der Waals surface area contributed by atoms with E-state index in [0.717, 1.165) is 24.8 Å². The van der Waals surface area contributed by atoms with Crippen LogP contribution in [0.2, 0.25) is 0 Å². The maximum atomic E-state index is 13.3. The summed E-state index contributed by atoms with van der Waals surface area (Å²) in [5.41, 5.74) is 1.54. The van der Waals surface area contributed by atoms with Gasteiger partial charge in [0.05, 0.1) is 12.0 Å². The monoisotopic (exact) mass is 437 g/mol. The molecule has 2 unspecified atom stereocenters. The highest BCUT2D eigenvalue weighted by molar-refractivity contribution is 7.17. The summed E-state index contributed by atoms with van der Waals surface area (Å²) in [6.07, 6.45) is 4.93. The summed E-state index contributed by atoms with van der Waals surface area (Å²) in [5.74, 6) is 0.514. The van der Waals surface area contributed by atoms with Crippen molar-refractivity contribution in [1.82, 2.24) is 15.6 Å². The van der Waals surface area contributed by atoms with Gasteiger partial charge in [0.2, 0.25) is 5.91 Å². The number of nitrogens with zero attached hydrogens (tertiary/aromatic N) is 1. The van der Waals surface area contributed by atoms with E-state index in [4.69, 9.17) is 9.40 Å². The van der Waals surface area contributed by atoms with Gasteiger partial charge in [-0.05, 0) is 45.2 Å². The standard InChI is InChI=1S/C24H27N3O3S/c1-15(2)25-22(28)17-10-6-11-18(14-17)26-23(29)21-20(16-8-4-3-5-9-16)27-24(31-21)19-12-7-13-30-19/h3-5,7-9,12-13,15,17-18H,6,10-11,14H2,1-2H3,(H,25,28)(H,26,29). The van der Waals surface area contributed by atoms with E-state index in [9.17, 15) is 9.59 Å². The van der Waals surface area contributed by atoms with Crippen molar-refractivity contribution < 1.29 is 14.0 Å². The quantitative estimate of drug-likeness (QED) is 0.575. The zero-order valence-corrected chi connectivity index (χ0v) is 18.6. The lowest BCUT2D eigenvalue weighted by molar-refractivity contribution is -0.126. The highest BCUT2D eigenvalue weighted by Gasteiger charge is 2.30. The normalized spacial score (nSPS) is 18.7. The predicted octanol–water partition coefficient (Wildman–Crippen LogP) is 4.88. The summed E-state index contributed by atoms with van der Waals surface area (Å²) in [6.45, 7) is 3.93. The molecule has 162 valence electrons. The molecule has 4 rings (SSSR count). The van der Waals surface area contributed by atoms with Crippen LogP contribution in [0.15, 0.2) is 53.1 Å². The van der Waals surface area contributed by atoms with E-state index in [1.165, 1.54) is 11.3 Å². The summed E-state index contributed by atoms with van der Waals surface area (Å²) >= 11 is 1.33. The fraction of sp³-hybridized carbons (Fsp3) is 0.375. The van der Waals surface area contributed by atoms with Crippen molar-refractivity contribution in [2.24, 2.45) is 5.92 Å². The van der Waals surface area contributed by atoms with E-state index < -0.39 is 0 Å². The largest absolute Gasteiger partial charge is 0.462 e. The topological polar surface area (TPSA) is 84.2 Å². The summed E-state index contributed by atoms with van der Waals surface area (Å²) in [5, 5.41) is 6.83. The van der Waals surface area contributed by atoms with E-state index in [-0.39, 0.29) is 29.8 Å². The summed E-state index contributed by atoms with van der Waals surface area (Å²) in [7, 11) is 0. The third kappa shape index (κ3) is 5.05. The average molecular weight is 438 g/mol. The van der Waals surface area contributed by atoms with Gasteiger partial charge in [0.15, 0.2) is 10.8 Å². The first-order valence-electron chi connectivity index (χ1n) is 10.7. The SMILES string of the molecule is CC(C)NC(=O)C1CCCC(NC(=O)c2sc(-c3ccco3)nc2-c2ccccc2)C1. The summed E-state index contributed by atoms with van der Waals surface area (Å²) in [4.78, 5) is 31.0. The Hall–Kier alpha value is -2.93. The number of rotatable bonds is 6. The molecule has 2 atom stereocenters. The molecule has 0 spiro atoms. The number of nitrogens with one attached hydrogen (secondary N) is 2. The third-order valence-corrected chi connectivity index (χ3v) is 6.49. The van der Waals surface area contributed by atoms with Crippen LogP contribution >= 0.6 is 11.3 Å². The molecule has 7 heteroatoms. The van der Waals surface area contributed by atoms with Crippen molar-refractivity contribution >= 4 is 23.2 Å². The maximum absolute atomic E-state index is 13.3. The van der Waals surface area contributed by atoms with Crippen LogP contribution in [0.5, 0.6) is 0 Å². The first-order chi connectivity index (χ1) is 15.0. The van der Waals surface area contributed by atoms with Crippen molar-refractivity contribution in [2.75, 3.05) is 0 Å². The van der Waals surface area contributed by atoms with Gasteiger partial charge in [0.25, 0.3) is 5.91 Å². The molecule has 6 nitrogen and oxygen atoms in total. The fourth-order valence-corrected chi connectivity index (χ4v) is 4.94. The Morgan fingerprint density at radius 3 is 2.65 bits per heavy atom. The van der Waals surface area contributed by atoms with Crippen molar-refractivity contribution in [3.05, 3.63) is 53.6 Å². The molecule has 1 saturated carbocycles. The molecule has 0 radical (unpaired) electrons. The lowest BCUT2D eigenvalue weighted by atomic mass is 9.85. The van der Waals surface area contributed by atoms with E-state index in [1.54, 1.807) is 6.26 Å². The second-order valence-corrected chi connectivity index (χ2v) is 9.24. The minimum absolute atomic E-state index is 0.0260. The Morgan fingerprint density at radius 1 is 1.13 bits per heavy atom. The van der Waals surface area contributed by atoms with E-state index >= 15 is 0 Å². The molecule has 1 fully saturated rings. The first-order valence-corrected chi connectivity index (χ1v) is 11.5. The number of furan rings is 1. The van der Waals surface area contributed by atoms with Crippen molar-refractivity contribution in [3.63, 3.8) is 0 Å². The van der Waals surface area contributed by atoms with Crippen molar-refractivity contribution in [2.45, 2.75) is 51.6 Å². The molecule has 1 aliphatic carbocycles. The number of carbonyl (C=O) groups excluding carboxylic acids is 2. The van der Waals surface area contributed by atoms with Crippen LogP contribution in [0, 0.1) is 5.92 Å². The molecule has 2 N–H and O–H groups in total. The fourth-order valence-electron chi connectivity index (χ4n) is 3.98. The predicted molar refractivity (Wildman–Crippen MR) is 122 cm³/mol. The zero-order valence-electron chi connectivity index (χ0n) is 17.8. The number of benzene rings is 1. The average Bonchev–Trinajstić information content (AvgIpc) is 3.44. The van der Waals surface area contributed by atoms with Gasteiger partial charge in [-0.1, -0.05) is 36.8 Å². The van der Waals surface area contributed by atoms with Gasteiger partial charge in [-0.15, -0.1) is 11.3 Å². The summed E-state index contributed by atoms with van der Waals surface area (Å²) in [6, 6.07) is 13.4. The number of aromatic nitrogens is 1. The van der Waals surface area contributed by atoms with Gasteiger partial charge in [-0.3, -0.25) is 9.59 Å². The minimum Gasteiger partial charge on any atom is -0.462 e. The van der Waals surface area contributed by atoms with Crippen LogP contribution in [0.25, 0.3) is 22.0 Å². The van der Waals surface area contributed by atoms with E-state index in [2.05, 4.69) is 10.6 Å². The molecule has 2 heterocycles. The molecular weight excluding hydrogens is 410 g/mol. The number of hydrogen-bond acceptors (Lipinski definition) is 5. The highest BCUT2D eigenvalue weighted by atomic mass is 32.1. The van der Waals surface area contributed by atoms with Crippen LogP contribution in [0.4, 0.5) is 0 Å². The number of carbonyl (C=O) groups is 2. The molecule has 2 aromatic heterocycles. The van der Waals surface area contributed by atoms with Crippen LogP contribution in [-0.4, -0.2) is 28.9 Å². The molecule has 0 bridgehead atoms. The van der Waals surface area contributed by atoms with Crippen LogP contribution in [0.1, 0.15) is 49.2 Å². The Morgan fingerprint density at radius 2 is 1.94 bits per heavy atom. The molecule has 0 saturated heterocycles. The summed E-state index contributed by atoms with van der Waals surface area (Å²) < 4.78 is 5.50. The van der Waals surface area contributed by atoms with Gasteiger partial charge >= 0.3 is 0 Å². The van der Waals surface area contributed by atoms with Gasteiger partial charge < -0.3 is 15.1 Å². The molecule has 2 amide bonds. The first kappa shape index (κ1) is 21.3. The van der Waals surface area contributed by atoms with Crippen LogP contribution < -0.4 is 10.6 Å². The Labute approximate surface area is 186 Å². The second-order valence-electron chi connectivity index (χ2n) is 8.24. The van der Waals surface area contributed by atoms with Gasteiger partial charge in [0.1, 0.15) is 4.88 Å². The van der Waals surface area contributed by atoms with Crippen molar-refractivity contribution in [3.8, 4) is 22.0 Å². The minimum atomic E-state index is -0.149. The van der Waals surface area contributed by atoms with E-state index in [0.29, 0.717) is 27.8 Å². The number of hydrogen-bond donors (Lipinski definition) is 2. The van der Waals surface area contributed by atoms with Crippen LogP contribution in [-0.2, 0) is 4.79 Å². The lowest BCUT2D eigenvalue weighted by Crippen LogP contribution is -2.43. The molecular formula is C24H27N3O3S. The van der Waals surface area contributed by atoms with Gasteiger partial charge in [-0.25, -0.2) is 4.98 Å². The van der Waals surface area contributed by atoms with Crippen LogP contribution in [0.3, 0.4) is 0 Å². The Kier molecular flexibility index (Phi) is 6.51. The Bertz CT molecular complexity index is 1030. The number of thiazole rings is 1. The zero-order chi connectivity index (χ0) is 21.8. The van der Waals surface area contributed by atoms with Gasteiger partial charge in [0, 0.05) is 23.6 Å². The van der Waals surface area contributed by atoms with Gasteiger partial charge in [-0.2, -0.15) is 0 Å².